The van der Waals surface area contributed by atoms with Crippen LogP contribution in [0.5, 0.6) is 0 Å². The Bertz CT molecular complexity index is 721. The van der Waals surface area contributed by atoms with E-state index in [1.54, 1.807) is 18.2 Å². The number of esters is 1. The third kappa shape index (κ3) is 2.45. The molecular formula is C16H16N2O3. The molecule has 1 heterocycles. The number of hydrogen-bond acceptors (Lipinski definition) is 5. The van der Waals surface area contributed by atoms with Gasteiger partial charge in [-0.2, -0.15) is 5.26 Å². The summed E-state index contributed by atoms with van der Waals surface area (Å²) in [6, 6.07) is 7.50. The number of nitrogens with one attached hydrogen (secondary N) is 1. The molecule has 108 valence electrons. The van der Waals surface area contributed by atoms with Crippen molar-refractivity contribution >= 4 is 22.8 Å². The lowest BCUT2D eigenvalue weighted by atomic mass is 10.1. The molecule has 1 aliphatic rings. The number of nitriles is 1. The fraction of sp³-hybridized carbons (Fsp3) is 0.375. The minimum atomic E-state index is -0.424. The van der Waals surface area contributed by atoms with Gasteiger partial charge >= 0.3 is 5.97 Å². The Morgan fingerprint density at radius 2 is 2.19 bits per heavy atom. The Kier molecular flexibility index (Phi) is 3.53. The van der Waals surface area contributed by atoms with Crippen LogP contribution in [-0.2, 0) is 4.74 Å². The number of ether oxygens (including phenoxy) is 1. The fourth-order valence-corrected chi connectivity index (χ4v) is 2.81. The van der Waals surface area contributed by atoms with Crippen LogP contribution in [0.3, 0.4) is 0 Å². The second-order valence-corrected chi connectivity index (χ2v) is 5.25. The highest BCUT2D eigenvalue weighted by molar-refractivity contribution is 5.97. The highest BCUT2D eigenvalue weighted by Crippen LogP contribution is 2.32. The van der Waals surface area contributed by atoms with Gasteiger partial charge in [0.25, 0.3) is 0 Å². The quantitative estimate of drug-likeness (QED) is 0.874. The smallest absolute Gasteiger partial charge is 0.337 e. The monoisotopic (exact) mass is 284 g/mol. The van der Waals surface area contributed by atoms with Crippen LogP contribution in [0.4, 0.5) is 5.88 Å². The summed E-state index contributed by atoms with van der Waals surface area (Å²) >= 11 is 0. The number of benzene rings is 1. The number of rotatable bonds is 3. The van der Waals surface area contributed by atoms with Crippen LogP contribution in [0.1, 0.15) is 41.6 Å². The summed E-state index contributed by atoms with van der Waals surface area (Å²) in [6.45, 7) is 0. The van der Waals surface area contributed by atoms with Crippen molar-refractivity contribution in [3.63, 3.8) is 0 Å². The number of methoxy groups -OCH3 is 1. The van der Waals surface area contributed by atoms with E-state index in [9.17, 15) is 10.1 Å². The molecule has 21 heavy (non-hydrogen) atoms. The first kappa shape index (κ1) is 13.5. The van der Waals surface area contributed by atoms with Gasteiger partial charge in [-0.25, -0.2) is 4.79 Å². The number of carbonyl (C=O) groups excluding carboxylic acids is 1. The van der Waals surface area contributed by atoms with Gasteiger partial charge in [0.1, 0.15) is 17.2 Å². The highest BCUT2D eigenvalue weighted by atomic mass is 16.5. The topological polar surface area (TPSA) is 75.3 Å². The fourth-order valence-electron chi connectivity index (χ4n) is 2.81. The van der Waals surface area contributed by atoms with E-state index < -0.39 is 5.97 Å². The molecule has 1 aromatic heterocycles. The zero-order valence-electron chi connectivity index (χ0n) is 11.8. The Morgan fingerprint density at radius 3 is 2.86 bits per heavy atom. The molecule has 5 heteroatoms. The van der Waals surface area contributed by atoms with E-state index in [1.165, 1.54) is 20.0 Å². The average molecular weight is 284 g/mol. The lowest BCUT2D eigenvalue weighted by Gasteiger charge is -2.10. The molecule has 3 rings (SSSR count). The average Bonchev–Trinajstić information content (AvgIpc) is 3.12. The van der Waals surface area contributed by atoms with E-state index in [1.807, 2.05) is 0 Å². The number of fused-ring (bicyclic) bond motifs is 1. The molecule has 0 atom stereocenters. The van der Waals surface area contributed by atoms with Crippen molar-refractivity contribution in [3.8, 4) is 6.07 Å². The molecule has 1 fully saturated rings. The number of furan rings is 1. The van der Waals surface area contributed by atoms with E-state index in [0.29, 0.717) is 34.0 Å². The summed E-state index contributed by atoms with van der Waals surface area (Å²) in [4.78, 5) is 11.6. The molecule has 0 bridgehead atoms. The molecule has 1 aromatic carbocycles. The molecule has 0 amide bonds. The van der Waals surface area contributed by atoms with Crippen molar-refractivity contribution in [2.45, 2.75) is 31.7 Å². The SMILES string of the molecule is COC(=O)c1ccc2oc(NC3CCCC3)c(C#N)c2c1. The molecule has 1 aliphatic carbocycles. The summed E-state index contributed by atoms with van der Waals surface area (Å²) in [5, 5.41) is 13.3. The van der Waals surface area contributed by atoms with E-state index in [4.69, 9.17) is 9.15 Å². The first-order valence-corrected chi connectivity index (χ1v) is 7.04. The van der Waals surface area contributed by atoms with Gasteiger partial charge in [-0.15, -0.1) is 0 Å². The lowest BCUT2D eigenvalue weighted by Crippen LogP contribution is -2.14. The van der Waals surface area contributed by atoms with Crippen molar-refractivity contribution in [1.82, 2.24) is 0 Å². The summed E-state index contributed by atoms with van der Waals surface area (Å²) in [7, 11) is 1.33. The largest absolute Gasteiger partial charge is 0.465 e. The molecule has 1 N–H and O–H groups in total. The van der Waals surface area contributed by atoms with E-state index >= 15 is 0 Å². The molecule has 0 aliphatic heterocycles. The minimum Gasteiger partial charge on any atom is -0.465 e. The molecule has 1 saturated carbocycles. The number of anilines is 1. The van der Waals surface area contributed by atoms with Crippen LogP contribution in [0.15, 0.2) is 22.6 Å². The predicted octanol–water partition coefficient (Wildman–Crippen LogP) is 3.45. The van der Waals surface area contributed by atoms with Crippen molar-refractivity contribution in [2.24, 2.45) is 0 Å². The zero-order chi connectivity index (χ0) is 14.8. The van der Waals surface area contributed by atoms with Crippen LogP contribution in [0.25, 0.3) is 11.0 Å². The third-order valence-corrected chi connectivity index (χ3v) is 3.91. The normalized spacial score (nSPS) is 15.0. The Labute approximate surface area is 122 Å². The Balaban J connectivity index is 2.01. The zero-order valence-corrected chi connectivity index (χ0v) is 11.8. The highest BCUT2D eigenvalue weighted by Gasteiger charge is 2.21. The first-order chi connectivity index (χ1) is 10.2. The van der Waals surface area contributed by atoms with Crippen LogP contribution < -0.4 is 5.32 Å². The molecule has 0 saturated heterocycles. The van der Waals surface area contributed by atoms with Gasteiger partial charge < -0.3 is 14.5 Å². The van der Waals surface area contributed by atoms with Crippen LogP contribution in [0.2, 0.25) is 0 Å². The molecule has 0 radical (unpaired) electrons. The van der Waals surface area contributed by atoms with Crippen molar-refractivity contribution < 1.29 is 13.9 Å². The van der Waals surface area contributed by atoms with Gasteiger partial charge in [-0.3, -0.25) is 0 Å². The second kappa shape index (κ2) is 5.49. The second-order valence-electron chi connectivity index (χ2n) is 5.25. The number of carbonyl (C=O) groups is 1. The van der Waals surface area contributed by atoms with E-state index in [2.05, 4.69) is 11.4 Å². The van der Waals surface area contributed by atoms with Gasteiger partial charge in [0, 0.05) is 11.4 Å². The van der Waals surface area contributed by atoms with Gasteiger partial charge in [0.2, 0.25) is 5.88 Å². The third-order valence-electron chi connectivity index (χ3n) is 3.91. The van der Waals surface area contributed by atoms with Crippen LogP contribution in [0, 0.1) is 11.3 Å². The summed E-state index contributed by atoms with van der Waals surface area (Å²) in [6.07, 6.45) is 4.59. The van der Waals surface area contributed by atoms with Gasteiger partial charge in [0.15, 0.2) is 0 Å². The molecule has 0 spiro atoms. The standard InChI is InChI=1S/C16H16N2O3/c1-20-16(19)10-6-7-14-12(8-10)13(9-17)15(21-14)18-11-4-2-3-5-11/h6-8,11,18H,2-5H2,1H3. The number of nitrogens with zero attached hydrogens (tertiary/aromatic N) is 1. The molecule has 5 nitrogen and oxygen atoms in total. The summed E-state index contributed by atoms with van der Waals surface area (Å²) in [5.41, 5.74) is 1.46. The maximum atomic E-state index is 11.6. The maximum absolute atomic E-state index is 11.6. The van der Waals surface area contributed by atoms with Crippen molar-refractivity contribution in [3.05, 3.63) is 29.3 Å². The molecule has 0 unspecified atom stereocenters. The van der Waals surface area contributed by atoms with Crippen LogP contribution >= 0.6 is 0 Å². The predicted molar refractivity (Wildman–Crippen MR) is 78.1 cm³/mol. The first-order valence-electron chi connectivity index (χ1n) is 7.04. The van der Waals surface area contributed by atoms with Gasteiger partial charge in [-0.05, 0) is 31.0 Å². The summed E-state index contributed by atoms with van der Waals surface area (Å²) < 4.78 is 10.4. The van der Waals surface area contributed by atoms with Crippen LogP contribution in [-0.4, -0.2) is 19.1 Å². The summed E-state index contributed by atoms with van der Waals surface area (Å²) in [5.74, 6) is 0.0775. The van der Waals surface area contributed by atoms with Crippen molar-refractivity contribution in [2.75, 3.05) is 12.4 Å². The Morgan fingerprint density at radius 1 is 1.43 bits per heavy atom. The van der Waals surface area contributed by atoms with Crippen molar-refractivity contribution in [1.29, 1.82) is 5.26 Å². The minimum absolute atomic E-state index is 0.359. The van der Waals surface area contributed by atoms with Gasteiger partial charge in [0.05, 0.1) is 12.7 Å². The lowest BCUT2D eigenvalue weighted by molar-refractivity contribution is 0.0601. The van der Waals surface area contributed by atoms with E-state index in [0.717, 1.165) is 12.8 Å². The van der Waals surface area contributed by atoms with E-state index in [-0.39, 0.29) is 0 Å². The Hall–Kier alpha value is -2.48. The number of hydrogen-bond donors (Lipinski definition) is 1. The molecular weight excluding hydrogens is 268 g/mol. The molecule has 2 aromatic rings. The van der Waals surface area contributed by atoms with Gasteiger partial charge in [-0.1, -0.05) is 12.8 Å². The maximum Gasteiger partial charge on any atom is 0.337 e.